The van der Waals surface area contributed by atoms with E-state index < -0.39 is 29.3 Å². The SMILES string of the molecule is CCOC(=O)c1c(C)[nH]c(C(=O)COC(=O)c2ccc(Sc3nncn3C)c([N+](=O)[O-])c2)c1C. The summed E-state index contributed by atoms with van der Waals surface area (Å²) in [6.45, 7) is 4.45. The second-order valence-corrected chi connectivity index (χ2v) is 8.12. The van der Waals surface area contributed by atoms with Crippen LogP contribution in [0.25, 0.3) is 0 Å². The number of carbonyl (C=O) groups is 3. The largest absolute Gasteiger partial charge is 0.462 e. The van der Waals surface area contributed by atoms with Crippen LogP contribution < -0.4 is 0 Å². The van der Waals surface area contributed by atoms with E-state index in [0.717, 1.165) is 17.8 Å². The van der Waals surface area contributed by atoms with E-state index in [1.54, 1.807) is 32.4 Å². The minimum absolute atomic E-state index is 0.0894. The van der Waals surface area contributed by atoms with Gasteiger partial charge in [-0.05, 0) is 50.2 Å². The zero-order chi connectivity index (χ0) is 25.0. The molecule has 0 atom stereocenters. The van der Waals surface area contributed by atoms with E-state index in [1.807, 2.05) is 0 Å². The van der Waals surface area contributed by atoms with Gasteiger partial charge in [0.2, 0.25) is 5.78 Å². The van der Waals surface area contributed by atoms with E-state index in [2.05, 4.69) is 15.2 Å². The summed E-state index contributed by atoms with van der Waals surface area (Å²) in [7, 11) is 1.69. The monoisotopic (exact) mass is 487 g/mol. The van der Waals surface area contributed by atoms with E-state index in [1.165, 1.54) is 18.5 Å². The first-order valence-corrected chi connectivity index (χ1v) is 10.8. The topological polar surface area (TPSA) is 159 Å². The average molecular weight is 487 g/mol. The molecule has 0 fully saturated rings. The molecule has 3 aromatic rings. The molecule has 0 aliphatic rings. The molecule has 12 nitrogen and oxygen atoms in total. The van der Waals surface area contributed by atoms with Crippen molar-refractivity contribution in [3.05, 3.63) is 62.7 Å². The number of carbonyl (C=O) groups excluding carboxylic acids is 3. The normalized spacial score (nSPS) is 10.7. The Balaban J connectivity index is 1.74. The fourth-order valence-corrected chi connectivity index (χ4v) is 4.01. The number of rotatable bonds is 9. The van der Waals surface area contributed by atoms with Crippen LogP contribution in [-0.4, -0.2) is 55.6 Å². The van der Waals surface area contributed by atoms with Crippen molar-refractivity contribution in [1.29, 1.82) is 0 Å². The van der Waals surface area contributed by atoms with E-state index in [-0.39, 0.29) is 34.0 Å². The molecule has 0 saturated carbocycles. The number of hydrogen-bond acceptors (Lipinski definition) is 10. The maximum absolute atomic E-state index is 12.6. The van der Waals surface area contributed by atoms with Crippen molar-refractivity contribution in [2.24, 2.45) is 7.05 Å². The minimum atomic E-state index is -0.904. The Morgan fingerprint density at radius 3 is 2.56 bits per heavy atom. The first-order valence-electron chi connectivity index (χ1n) is 10.0. The molecule has 0 aliphatic heterocycles. The first kappa shape index (κ1) is 24.6. The highest BCUT2D eigenvalue weighted by Gasteiger charge is 2.25. The van der Waals surface area contributed by atoms with Gasteiger partial charge in [0.15, 0.2) is 11.8 Å². The molecule has 0 radical (unpaired) electrons. The van der Waals surface area contributed by atoms with Crippen LogP contribution >= 0.6 is 11.8 Å². The Morgan fingerprint density at radius 1 is 1.21 bits per heavy atom. The summed E-state index contributed by atoms with van der Waals surface area (Å²) in [4.78, 5) is 51.2. The Bertz CT molecular complexity index is 1280. The summed E-state index contributed by atoms with van der Waals surface area (Å²) in [5.41, 5.74) is 0.810. The van der Waals surface area contributed by atoms with Crippen LogP contribution in [0.15, 0.2) is 34.6 Å². The van der Waals surface area contributed by atoms with Gasteiger partial charge in [-0.2, -0.15) is 0 Å². The number of Topliss-reactive ketones (excluding diaryl/α,β-unsaturated/α-hetero) is 1. The number of aryl methyl sites for hydroxylation is 2. The molecule has 1 N–H and O–H groups in total. The third kappa shape index (κ3) is 5.14. The highest BCUT2D eigenvalue weighted by molar-refractivity contribution is 7.99. The van der Waals surface area contributed by atoms with Gasteiger partial charge in [-0.1, -0.05) is 0 Å². The summed E-state index contributed by atoms with van der Waals surface area (Å²) >= 11 is 1.02. The van der Waals surface area contributed by atoms with Crippen LogP contribution in [0.1, 0.15) is 49.4 Å². The van der Waals surface area contributed by atoms with Gasteiger partial charge in [-0.3, -0.25) is 14.9 Å². The molecule has 13 heteroatoms. The molecule has 178 valence electrons. The molecule has 2 heterocycles. The number of ketones is 1. The number of esters is 2. The lowest BCUT2D eigenvalue weighted by Gasteiger charge is -2.07. The molecule has 0 aliphatic carbocycles. The third-order valence-electron chi connectivity index (χ3n) is 4.79. The van der Waals surface area contributed by atoms with Crippen LogP contribution in [0.3, 0.4) is 0 Å². The van der Waals surface area contributed by atoms with E-state index in [0.29, 0.717) is 16.4 Å². The zero-order valence-corrected chi connectivity index (χ0v) is 19.6. The van der Waals surface area contributed by atoms with E-state index in [9.17, 15) is 24.5 Å². The number of ether oxygens (including phenoxy) is 2. The lowest BCUT2D eigenvalue weighted by Crippen LogP contribution is -2.16. The molecule has 2 aromatic heterocycles. The van der Waals surface area contributed by atoms with Gasteiger partial charge >= 0.3 is 11.9 Å². The molecular formula is C21H21N5O7S. The molecule has 0 saturated heterocycles. The Kier molecular flexibility index (Phi) is 7.46. The van der Waals surface area contributed by atoms with Gasteiger partial charge in [0.05, 0.1) is 33.2 Å². The van der Waals surface area contributed by atoms with Gasteiger partial charge < -0.3 is 19.0 Å². The molecule has 0 amide bonds. The molecule has 1 aromatic carbocycles. The fraction of sp³-hybridized carbons (Fsp3) is 0.286. The summed E-state index contributed by atoms with van der Waals surface area (Å²) in [6.07, 6.45) is 1.46. The number of nitrogens with one attached hydrogen (secondary N) is 1. The van der Waals surface area contributed by atoms with E-state index >= 15 is 0 Å². The predicted molar refractivity (Wildman–Crippen MR) is 119 cm³/mol. The van der Waals surface area contributed by atoms with Gasteiger partial charge in [-0.25, -0.2) is 9.59 Å². The molecular weight excluding hydrogens is 466 g/mol. The van der Waals surface area contributed by atoms with Gasteiger partial charge in [0.1, 0.15) is 6.33 Å². The minimum Gasteiger partial charge on any atom is -0.462 e. The third-order valence-corrected chi connectivity index (χ3v) is 5.91. The van der Waals surface area contributed by atoms with Gasteiger partial charge in [-0.15, -0.1) is 10.2 Å². The van der Waals surface area contributed by atoms with Crippen molar-refractivity contribution >= 4 is 35.2 Å². The summed E-state index contributed by atoms with van der Waals surface area (Å²) in [5.74, 6) is -2.02. The molecule has 0 spiro atoms. The number of aromatic amines is 1. The van der Waals surface area contributed by atoms with Crippen LogP contribution in [-0.2, 0) is 16.5 Å². The predicted octanol–water partition coefficient (Wildman–Crippen LogP) is 3.04. The lowest BCUT2D eigenvalue weighted by molar-refractivity contribution is -0.387. The van der Waals surface area contributed by atoms with Crippen LogP contribution in [0.5, 0.6) is 0 Å². The lowest BCUT2D eigenvalue weighted by atomic mass is 10.1. The Labute approximate surface area is 197 Å². The van der Waals surface area contributed by atoms with Crippen molar-refractivity contribution in [2.45, 2.75) is 30.8 Å². The second kappa shape index (κ2) is 10.3. The van der Waals surface area contributed by atoms with Gasteiger partial charge in [0.25, 0.3) is 5.69 Å². The number of aromatic nitrogens is 4. The van der Waals surface area contributed by atoms with Crippen molar-refractivity contribution in [2.75, 3.05) is 13.2 Å². The number of nitrogens with zero attached hydrogens (tertiary/aromatic N) is 4. The van der Waals surface area contributed by atoms with Gasteiger partial charge in [0, 0.05) is 18.8 Å². The van der Waals surface area contributed by atoms with Crippen LogP contribution in [0.2, 0.25) is 0 Å². The molecule has 3 rings (SSSR count). The second-order valence-electron chi connectivity index (χ2n) is 7.11. The number of nitro groups is 1. The molecule has 0 unspecified atom stereocenters. The van der Waals surface area contributed by atoms with Crippen LogP contribution in [0, 0.1) is 24.0 Å². The summed E-state index contributed by atoms with van der Waals surface area (Å²) < 4.78 is 11.7. The highest BCUT2D eigenvalue weighted by atomic mass is 32.2. The number of benzene rings is 1. The van der Waals surface area contributed by atoms with Crippen molar-refractivity contribution in [3.63, 3.8) is 0 Å². The fourth-order valence-electron chi connectivity index (χ4n) is 3.16. The number of hydrogen-bond donors (Lipinski definition) is 1. The zero-order valence-electron chi connectivity index (χ0n) is 18.8. The van der Waals surface area contributed by atoms with Crippen molar-refractivity contribution < 1.29 is 28.8 Å². The average Bonchev–Trinajstić information content (AvgIpc) is 3.33. The summed E-state index contributed by atoms with van der Waals surface area (Å²) in [5, 5.41) is 19.6. The Morgan fingerprint density at radius 2 is 1.94 bits per heavy atom. The molecule has 34 heavy (non-hydrogen) atoms. The number of nitro benzene ring substituents is 1. The smallest absolute Gasteiger partial charge is 0.340 e. The standard InChI is InChI=1S/C21H21N5O7S/c1-5-32-20(29)17-11(2)18(23-12(17)3)15(27)9-33-19(28)13-6-7-16(14(8-13)26(30)31)34-21-24-22-10-25(21)4/h6-8,10,23H,5,9H2,1-4H3. The van der Waals surface area contributed by atoms with E-state index in [4.69, 9.17) is 9.47 Å². The first-order chi connectivity index (χ1) is 16.1. The maximum Gasteiger partial charge on any atom is 0.340 e. The highest BCUT2D eigenvalue weighted by Crippen LogP contribution is 2.34. The Hall–Kier alpha value is -4.00. The molecule has 0 bridgehead atoms. The van der Waals surface area contributed by atoms with Crippen LogP contribution in [0.4, 0.5) is 5.69 Å². The number of H-pyrrole nitrogens is 1. The maximum atomic E-state index is 12.6. The van der Waals surface area contributed by atoms with Crippen molar-refractivity contribution in [3.8, 4) is 0 Å². The quantitative estimate of drug-likeness (QED) is 0.206. The van der Waals surface area contributed by atoms with Crippen molar-refractivity contribution in [1.82, 2.24) is 19.7 Å². The summed E-state index contributed by atoms with van der Waals surface area (Å²) in [6, 6.07) is 3.84.